The lowest BCUT2D eigenvalue weighted by atomic mass is 10.0. The molecule has 3 heterocycles. The highest BCUT2D eigenvalue weighted by atomic mass is 32.1. The number of guanidine groups is 1. The lowest BCUT2D eigenvalue weighted by molar-refractivity contribution is -0.135. The minimum absolute atomic E-state index is 0.0470. The zero-order valence-electron chi connectivity index (χ0n) is 42.5. The molecule has 0 saturated carbocycles. The summed E-state index contributed by atoms with van der Waals surface area (Å²) < 4.78 is 0. The number of hydrogen-bond donors (Lipinski definition) is 15. The zero-order valence-corrected chi connectivity index (χ0v) is 44.3. The van der Waals surface area contributed by atoms with Crippen LogP contribution in [0.15, 0.2) is 78.3 Å². The van der Waals surface area contributed by atoms with Crippen LogP contribution in [0.5, 0.6) is 0 Å². The molecule has 2 aromatic carbocycles. The fourth-order valence-corrected chi connectivity index (χ4v) is 8.61. The summed E-state index contributed by atoms with van der Waals surface area (Å²) in [7, 11) is 0. The third-order valence-electron chi connectivity index (χ3n) is 12.3. The van der Waals surface area contributed by atoms with Gasteiger partial charge in [-0.1, -0.05) is 62.4 Å². The van der Waals surface area contributed by atoms with Crippen molar-refractivity contribution in [1.82, 2.24) is 62.4 Å². The molecule has 1 saturated heterocycles. The van der Waals surface area contributed by atoms with Crippen LogP contribution in [0.2, 0.25) is 0 Å². The van der Waals surface area contributed by atoms with Crippen LogP contribution in [0.4, 0.5) is 4.79 Å². The summed E-state index contributed by atoms with van der Waals surface area (Å²) >= 11 is 8.32. The molecule has 0 spiro atoms. The number of aromatic nitrogens is 3. The molecule has 1 aliphatic heterocycles. The molecule has 0 bridgehead atoms. The first-order chi connectivity index (χ1) is 36.7. The Morgan fingerprint density at radius 1 is 0.675 bits per heavy atom. The summed E-state index contributed by atoms with van der Waals surface area (Å²) in [6, 6.07) is 4.94. The van der Waals surface area contributed by atoms with Crippen LogP contribution in [0.3, 0.4) is 0 Å². The van der Waals surface area contributed by atoms with Crippen molar-refractivity contribution in [1.29, 1.82) is 0 Å². The molecule has 4 aromatic rings. The summed E-state index contributed by atoms with van der Waals surface area (Å²) in [5.41, 5.74) is 19.0. The number of carbonyl (C=O) groups excluding carboxylic acids is 10. The maximum Gasteiger partial charge on any atom is 0.325 e. The maximum absolute atomic E-state index is 14.6. The fourth-order valence-electron chi connectivity index (χ4n) is 8.08. The number of nitrogens with one attached hydrogen (secondary N) is 10. The van der Waals surface area contributed by atoms with E-state index in [4.69, 9.17) is 17.2 Å². The highest BCUT2D eigenvalue weighted by Crippen LogP contribution is 2.20. The summed E-state index contributed by atoms with van der Waals surface area (Å²) in [5.74, 6) is -8.13. The van der Waals surface area contributed by atoms with E-state index >= 15 is 0 Å². The van der Waals surface area contributed by atoms with Gasteiger partial charge in [-0.15, -0.1) is 0 Å². The molecule has 5 rings (SSSR count). The Morgan fingerprint density at radius 2 is 1.25 bits per heavy atom. The highest BCUT2D eigenvalue weighted by Gasteiger charge is 2.41. The number of amides is 11. The van der Waals surface area contributed by atoms with Crippen molar-refractivity contribution in [2.75, 3.05) is 24.6 Å². The van der Waals surface area contributed by atoms with Gasteiger partial charge in [0.25, 0.3) is 5.91 Å². The Labute approximate surface area is 454 Å². The molecule has 28 heteroatoms. The summed E-state index contributed by atoms with van der Waals surface area (Å²) in [5, 5.41) is 21.5. The predicted molar refractivity (Wildman–Crippen MR) is 289 cm³/mol. The normalized spacial score (nSPS) is 15.9. The molecule has 414 valence electrons. The number of hydrogen-bond acceptors (Lipinski definition) is 14. The second-order valence-corrected chi connectivity index (χ2v) is 19.2. The Balaban J connectivity index is 1.35. The molecule has 16 N–H and O–H groups in total. The monoisotopic (exact) mass is 1100 g/mol. The van der Waals surface area contributed by atoms with E-state index in [0.717, 1.165) is 15.8 Å². The number of urea groups is 1. The number of nitrogens with zero attached hydrogens (tertiary/aromatic N) is 3. The smallest absolute Gasteiger partial charge is 0.325 e. The molecule has 0 unspecified atom stereocenters. The van der Waals surface area contributed by atoms with Gasteiger partial charge in [0.1, 0.15) is 54.9 Å². The first-order valence-electron chi connectivity index (χ1n) is 24.6. The van der Waals surface area contributed by atoms with Crippen molar-refractivity contribution < 1.29 is 47.9 Å². The number of benzene rings is 2. The Kier molecular flexibility index (Phi) is 22.2. The standard InChI is InChI=1S/C49H66N16O10S2/c1-25(2)39-47(74)65(49(75)64-39)21-38(66)58-37(23-77)46(73)57-26(3)41(68)60-35(18-29-20-53-24-56-29)45(72)61-33(16-27-10-5-4-6-11-27)43(70)59-32(14-9-15-54-48(51)52)42(69)62-34(44(71)63-36(22-76)40(50)67)17-28-19-55-31-13-8-7-12-30(28)31/h4-8,10-13,19-20,24-26,32-37,39,55,76-77H,9,14-18,21-23H2,1-3H3,(H2,50,67)(H,53,56)(H,57,73)(H,58,66)(H,59,70)(H,60,68)(H,61,72)(H,62,69)(H,63,71)(H,64,75)(H4,51,52,54)/t26-,32+,33-,34+,35+,36+,37+,39-/m0/s1. The number of para-hydroxylation sites is 1. The van der Waals surface area contributed by atoms with Gasteiger partial charge in [-0.25, -0.2) is 9.78 Å². The molecule has 0 radical (unpaired) electrons. The topological polar surface area (TPSA) is 405 Å². The van der Waals surface area contributed by atoms with Crippen molar-refractivity contribution in [3.05, 3.63) is 90.1 Å². The molecular weight excluding hydrogens is 1040 g/mol. The largest absolute Gasteiger partial charge is 0.370 e. The van der Waals surface area contributed by atoms with E-state index < -0.39 is 114 Å². The predicted octanol–water partition coefficient (Wildman–Crippen LogP) is -2.69. The maximum atomic E-state index is 14.6. The average Bonchev–Trinajstić information content (AvgIpc) is 4.14. The molecule has 2 aromatic heterocycles. The molecule has 77 heavy (non-hydrogen) atoms. The van der Waals surface area contributed by atoms with Gasteiger partial charge in [-0.2, -0.15) is 25.3 Å². The molecule has 11 amide bonds. The number of nitrogens with two attached hydrogens (primary N) is 3. The summed E-state index contributed by atoms with van der Waals surface area (Å²) in [4.78, 5) is 150. The fraction of sp³-hybridized carbons (Fsp3) is 0.429. The van der Waals surface area contributed by atoms with Crippen molar-refractivity contribution in [2.24, 2.45) is 28.1 Å². The molecule has 8 atom stereocenters. The van der Waals surface area contributed by atoms with E-state index in [2.05, 4.69) is 87.7 Å². The number of rotatable bonds is 29. The van der Waals surface area contributed by atoms with Crippen LogP contribution in [0.25, 0.3) is 10.9 Å². The number of thiol groups is 2. The van der Waals surface area contributed by atoms with Crippen molar-refractivity contribution >= 4 is 101 Å². The van der Waals surface area contributed by atoms with E-state index in [1.165, 1.54) is 19.4 Å². The highest BCUT2D eigenvalue weighted by molar-refractivity contribution is 7.80. The van der Waals surface area contributed by atoms with Gasteiger partial charge < -0.3 is 69.7 Å². The van der Waals surface area contributed by atoms with Crippen molar-refractivity contribution in [3.63, 3.8) is 0 Å². The van der Waals surface area contributed by atoms with Gasteiger partial charge in [0.2, 0.25) is 47.3 Å². The lowest BCUT2D eigenvalue weighted by Crippen LogP contribution is -2.60. The van der Waals surface area contributed by atoms with Gasteiger partial charge in [0, 0.05) is 66.3 Å². The van der Waals surface area contributed by atoms with Crippen molar-refractivity contribution in [3.8, 4) is 0 Å². The van der Waals surface area contributed by atoms with E-state index in [1.54, 1.807) is 56.4 Å². The Hall–Kier alpha value is -8.14. The van der Waals surface area contributed by atoms with Crippen LogP contribution in [0.1, 0.15) is 50.4 Å². The summed E-state index contributed by atoms with van der Waals surface area (Å²) in [6.07, 6.45) is 4.15. The number of aliphatic imine (C=N–C) groups is 1. The van der Waals surface area contributed by atoms with Crippen LogP contribution in [0, 0.1) is 5.92 Å². The molecule has 1 fully saturated rings. The number of carbonyl (C=O) groups is 10. The number of fused-ring (bicyclic) bond motifs is 1. The van der Waals surface area contributed by atoms with E-state index in [1.807, 2.05) is 18.2 Å². The lowest BCUT2D eigenvalue weighted by Gasteiger charge is -2.27. The van der Waals surface area contributed by atoms with Crippen LogP contribution in [-0.4, -0.2) is 158 Å². The van der Waals surface area contributed by atoms with Gasteiger partial charge in [0.15, 0.2) is 5.96 Å². The van der Waals surface area contributed by atoms with Crippen LogP contribution >= 0.6 is 25.3 Å². The Bertz CT molecular complexity index is 2770. The zero-order chi connectivity index (χ0) is 56.3. The van der Waals surface area contributed by atoms with Gasteiger partial charge in [-0.05, 0) is 42.9 Å². The number of primary amides is 1. The first-order valence-corrected chi connectivity index (χ1v) is 25.8. The quantitative estimate of drug-likeness (QED) is 0.00867. The minimum atomic E-state index is -1.42. The second kappa shape index (κ2) is 28.7. The number of H-pyrrole nitrogens is 2. The minimum Gasteiger partial charge on any atom is -0.370 e. The Morgan fingerprint density at radius 3 is 1.84 bits per heavy atom. The molecular formula is C49H66N16O10S2. The SMILES string of the molecule is CC(C)[C@@H]1NC(=O)N(CC(=O)N[C@H](CS)C(=O)N[C@@H](C)C(=O)N[C@H](Cc2cnc[nH]2)C(=O)N[C@@H](Cc2ccccc2)C(=O)N[C@H](CCCN=C(N)N)C(=O)N[C@H](Cc2c[nH]c3ccccc23)C(=O)N[C@H](CS)C(N)=O)C1=O. The van der Waals surface area contributed by atoms with Gasteiger partial charge in [-0.3, -0.25) is 53.0 Å². The third kappa shape index (κ3) is 17.5. The second-order valence-electron chi connectivity index (χ2n) is 18.5. The molecule has 0 aliphatic carbocycles. The van der Waals surface area contributed by atoms with E-state index in [9.17, 15) is 47.9 Å². The van der Waals surface area contributed by atoms with Crippen LogP contribution < -0.4 is 59.7 Å². The molecule has 1 aliphatic rings. The van der Waals surface area contributed by atoms with Gasteiger partial charge >= 0.3 is 6.03 Å². The van der Waals surface area contributed by atoms with Gasteiger partial charge in [0.05, 0.1) is 6.33 Å². The number of imide groups is 1. The number of imidazole rings is 1. The average molecular weight is 1100 g/mol. The van der Waals surface area contributed by atoms with Crippen molar-refractivity contribution in [2.45, 2.75) is 101 Å². The summed E-state index contributed by atoms with van der Waals surface area (Å²) in [6.45, 7) is 4.15. The van der Waals surface area contributed by atoms with Crippen LogP contribution in [-0.2, 0) is 62.4 Å². The van der Waals surface area contributed by atoms with E-state index in [0.29, 0.717) is 16.8 Å². The number of aromatic amines is 2. The first kappa shape index (κ1) is 59.7. The molecule has 26 nitrogen and oxygen atoms in total. The van der Waals surface area contributed by atoms with E-state index in [-0.39, 0.29) is 62.0 Å². The third-order valence-corrected chi connectivity index (χ3v) is 13.0.